The lowest BCUT2D eigenvalue weighted by molar-refractivity contribution is 0.0526. The van der Waals surface area contributed by atoms with Crippen LogP contribution in [0.4, 0.5) is 0 Å². The van der Waals surface area contributed by atoms with Gasteiger partial charge in [0.1, 0.15) is 5.01 Å². The van der Waals surface area contributed by atoms with Gasteiger partial charge in [-0.3, -0.25) is 0 Å². The minimum absolute atomic E-state index is 0.284. The molecule has 16 heavy (non-hydrogen) atoms. The van der Waals surface area contributed by atoms with Crippen molar-refractivity contribution in [1.29, 1.82) is 0 Å². The Morgan fingerprint density at radius 1 is 1.38 bits per heavy atom. The molecule has 0 bridgehead atoms. The van der Waals surface area contributed by atoms with E-state index >= 15 is 0 Å². The van der Waals surface area contributed by atoms with Crippen molar-refractivity contribution >= 4 is 17.3 Å². The van der Waals surface area contributed by atoms with Gasteiger partial charge in [0.05, 0.1) is 12.2 Å². The van der Waals surface area contributed by atoms with Crippen LogP contribution < -0.4 is 0 Å². The lowest BCUT2D eigenvalue weighted by atomic mass is 10.1. The van der Waals surface area contributed by atoms with Crippen LogP contribution >= 0.6 is 11.3 Å². The third kappa shape index (κ3) is 2.28. The molecule has 0 radical (unpaired) electrons. The molecule has 1 heterocycles. The van der Waals surface area contributed by atoms with Crippen molar-refractivity contribution in [3.63, 3.8) is 0 Å². The van der Waals surface area contributed by atoms with E-state index in [0.29, 0.717) is 12.2 Å². The maximum atomic E-state index is 11.4. The molecular weight excluding hydrogens is 222 g/mol. The summed E-state index contributed by atoms with van der Waals surface area (Å²) in [5.74, 6) is -0.284. The third-order valence-electron chi connectivity index (χ3n) is 2.08. The fourth-order valence-corrected chi connectivity index (χ4v) is 1.97. The first-order valence-electron chi connectivity index (χ1n) is 4.98. The molecule has 0 N–H and O–H groups in total. The summed E-state index contributed by atoms with van der Waals surface area (Å²) < 4.78 is 4.91. The van der Waals surface area contributed by atoms with Gasteiger partial charge in [-0.05, 0) is 19.1 Å². The van der Waals surface area contributed by atoms with Crippen molar-refractivity contribution in [2.45, 2.75) is 6.92 Å². The summed E-state index contributed by atoms with van der Waals surface area (Å²) in [6.07, 6.45) is 1.76. The van der Waals surface area contributed by atoms with Gasteiger partial charge in [0.25, 0.3) is 0 Å². The van der Waals surface area contributed by atoms with Gasteiger partial charge in [0, 0.05) is 17.1 Å². The number of hydrogen-bond donors (Lipinski definition) is 0. The van der Waals surface area contributed by atoms with E-state index in [9.17, 15) is 4.79 Å². The Balaban J connectivity index is 2.20. The number of hydrogen-bond acceptors (Lipinski definition) is 4. The standard InChI is InChI=1S/C12H11NO2S/c1-2-15-12(14)10-5-3-9(4-6-10)11-13-7-8-16-11/h3-8H,2H2,1H3. The first-order chi connectivity index (χ1) is 7.81. The second kappa shape index (κ2) is 4.90. The van der Waals surface area contributed by atoms with Gasteiger partial charge in [-0.2, -0.15) is 0 Å². The van der Waals surface area contributed by atoms with Gasteiger partial charge in [-0.1, -0.05) is 12.1 Å². The summed E-state index contributed by atoms with van der Waals surface area (Å²) in [5.41, 5.74) is 1.59. The monoisotopic (exact) mass is 233 g/mol. The molecule has 0 amide bonds. The lowest BCUT2D eigenvalue weighted by Crippen LogP contribution is -2.03. The van der Waals surface area contributed by atoms with E-state index in [1.54, 1.807) is 36.6 Å². The van der Waals surface area contributed by atoms with E-state index < -0.39 is 0 Å². The van der Waals surface area contributed by atoms with E-state index in [1.165, 1.54) is 0 Å². The Bertz CT molecular complexity index is 462. The highest BCUT2D eigenvalue weighted by Gasteiger charge is 2.06. The number of nitrogens with zero attached hydrogens (tertiary/aromatic N) is 1. The highest BCUT2D eigenvalue weighted by atomic mass is 32.1. The van der Waals surface area contributed by atoms with Crippen molar-refractivity contribution in [2.24, 2.45) is 0 Å². The van der Waals surface area contributed by atoms with Crippen LogP contribution in [0.3, 0.4) is 0 Å². The molecule has 2 rings (SSSR count). The van der Waals surface area contributed by atoms with Crippen molar-refractivity contribution in [1.82, 2.24) is 4.98 Å². The van der Waals surface area contributed by atoms with Crippen LogP contribution in [0.5, 0.6) is 0 Å². The smallest absolute Gasteiger partial charge is 0.338 e. The second-order valence-corrected chi connectivity index (χ2v) is 4.03. The van der Waals surface area contributed by atoms with E-state index in [2.05, 4.69) is 4.98 Å². The zero-order valence-electron chi connectivity index (χ0n) is 8.84. The van der Waals surface area contributed by atoms with Gasteiger partial charge in [-0.25, -0.2) is 9.78 Å². The molecule has 2 aromatic rings. The normalized spacial score (nSPS) is 10.1. The summed E-state index contributed by atoms with van der Waals surface area (Å²) >= 11 is 1.57. The van der Waals surface area contributed by atoms with Crippen LogP contribution in [-0.2, 0) is 4.74 Å². The maximum Gasteiger partial charge on any atom is 0.338 e. The number of carbonyl (C=O) groups excluding carboxylic acids is 1. The molecule has 4 heteroatoms. The van der Waals surface area contributed by atoms with Crippen LogP contribution in [0.1, 0.15) is 17.3 Å². The highest BCUT2D eigenvalue weighted by molar-refractivity contribution is 7.13. The minimum Gasteiger partial charge on any atom is -0.462 e. The van der Waals surface area contributed by atoms with Crippen LogP contribution in [0, 0.1) is 0 Å². The number of thiazole rings is 1. The van der Waals surface area contributed by atoms with Gasteiger partial charge < -0.3 is 4.74 Å². The molecule has 0 saturated heterocycles. The van der Waals surface area contributed by atoms with Crippen molar-refractivity contribution in [2.75, 3.05) is 6.61 Å². The topological polar surface area (TPSA) is 39.2 Å². The maximum absolute atomic E-state index is 11.4. The summed E-state index contributed by atoms with van der Waals surface area (Å²) in [5, 5.41) is 2.88. The third-order valence-corrected chi connectivity index (χ3v) is 2.90. The van der Waals surface area contributed by atoms with E-state index in [1.807, 2.05) is 17.5 Å². The number of carbonyl (C=O) groups is 1. The van der Waals surface area contributed by atoms with E-state index in [0.717, 1.165) is 10.6 Å². The average Bonchev–Trinajstić information content (AvgIpc) is 2.83. The Hall–Kier alpha value is -1.68. The fourth-order valence-electron chi connectivity index (χ4n) is 1.33. The summed E-state index contributed by atoms with van der Waals surface area (Å²) in [6, 6.07) is 7.28. The second-order valence-electron chi connectivity index (χ2n) is 3.14. The van der Waals surface area contributed by atoms with Gasteiger partial charge >= 0.3 is 5.97 Å². The first kappa shape index (κ1) is 10.8. The molecular formula is C12H11NO2S. The van der Waals surface area contributed by atoms with Crippen LogP contribution in [-0.4, -0.2) is 17.6 Å². The van der Waals surface area contributed by atoms with Crippen molar-refractivity contribution in [3.05, 3.63) is 41.4 Å². The van der Waals surface area contributed by atoms with Crippen LogP contribution in [0.25, 0.3) is 10.6 Å². The first-order valence-corrected chi connectivity index (χ1v) is 5.86. The molecule has 0 aliphatic carbocycles. The molecule has 0 unspecified atom stereocenters. The van der Waals surface area contributed by atoms with Crippen molar-refractivity contribution < 1.29 is 9.53 Å². The lowest BCUT2D eigenvalue weighted by Gasteiger charge is -2.02. The Kier molecular flexibility index (Phi) is 3.31. The number of rotatable bonds is 3. The number of benzene rings is 1. The molecule has 0 saturated carbocycles. The Morgan fingerprint density at radius 2 is 2.12 bits per heavy atom. The number of ether oxygens (including phenoxy) is 1. The number of aromatic nitrogens is 1. The predicted molar refractivity (Wildman–Crippen MR) is 63.5 cm³/mol. The van der Waals surface area contributed by atoms with Crippen molar-refractivity contribution in [3.8, 4) is 10.6 Å². The Morgan fingerprint density at radius 3 is 2.69 bits per heavy atom. The number of esters is 1. The largest absolute Gasteiger partial charge is 0.462 e. The molecule has 0 spiro atoms. The average molecular weight is 233 g/mol. The Labute approximate surface area is 97.7 Å². The van der Waals surface area contributed by atoms with Crippen LogP contribution in [0.2, 0.25) is 0 Å². The van der Waals surface area contributed by atoms with E-state index in [4.69, 9.17) is 4.74 Å². The van der Waals surface area contributed by atoms with Gasteiger partial charge in [-0.15, -0.1) is 11.3 Å². The highest BCUT2D eigenvalue weighted by Crippen LogP contribution is 2.21. The van der Waals surface area contributed by atoms with Gasteiger partial charge in [0.2, 0.25) is 0 Å². The molecule has 3 nitrogen and oxygen atoms in total. The zero-order chi connectivity index (χ0) is 11.4. The summed E-state index contributed by atoms with van der Waals surface area (Å²) in [6.45, 7) is 2.19. The van der Waals surface area contributed by atoms with E-state index in [-0.39, 0.29) is 5.97 Å². The zero-order valence-corrected chi connectivity index (χ0v) is 9.66. The van der Waals surface area contributed by atoms with Gasteiger partial charge in [0.15, 0.2) is 0 Å². The molecule has 0 fully saturated rings. The summed E-state index contributed by atoms with van der Waals surface area (Å²) in [4.78, 5) is 15.6. The molecule has 1 aromatic carbocycles. The molecule has 0 aliphatic rings. The molecule has 1 aromatic heterocycles. The van der Waals surface area contributed by atoms with Crippen LogP contribution in [0.15, 0.2) is 35.8 Å². The molecule has 0 aliphatic heterocycles. The quantitative estimate of drug-likeness (QED) is 0.765. The molecule has 82 valence electrons. The molecule has 0 atom stereocenters. The predicted octanol–water partition coefficient (Wildman–Crippen LogP) is 2.99. The fraction of sp³-hybridized carbons (Fsp3) is 0.167. The summed E-state index contributed by atoms with van der Waals surface area (Å²) in [7, 11) is 0. The SMILES string of the molecule is CCOC(=O)c1ccc(-c2nccs2)cc1. The minimum atomic E-state index is -0.284.